The van der Waals surface area contributed by atoms with Crippen LogP contribution in [-0.4, -0.2) is 73.7 Å². The number of rotatable bonds is 7. The molecule has 5 rings (SSSR count). The average Bonchev–Trinajstić information content (AvgIpc) is 2.99. The number of fused-ring (bicyclic) bond motifs is 1. The smallest absolute Gasteiger partial charge is 0.416 e. The third kappa shape index (κ3) is 6.28. The lowest BCUT2D eigenvalue weighted by Gasteiger charge is -2.27. The summed E-state index contributed by atoms with van der Waals surface area (Å²) in [6, 6.07) is 16.4. The number of benzene rings is 3. The van der Waals surface area contributed by atoms with Crippen LogP contribution in [0.1, 0.15) is 11.1 Å². The molecule has 12 heteroatoms. The number of ether oxygens (including phenoxy) is 2. The summed E-state index contributed by atoms with van der Waals surface area (Å²) in [5.41, 5.74) is 0.209. The number of halogens is 3. The van der Waals surface area contributed by atoms with Gasteiger partial charge in [-0.05, 0) is 36.4 Å². The molecule has 1 aliphatic rings. The Morgan fingerprint density at radius 2 is 1.83 bits per heavy atom. The average molecular weight is 580 g/mol. The molecule has 0 N–H and O–H groups in total. The third-order valence-corrected chi connectivity index (χ3v) is 6.74. The van der Waals surface area contributed by atoms with Gasteiger partial charge < -0.3 is 19.3 Å². The van der Waals surface area contributed by atoms with E-state index in [1.807, 2.05) is 25.1 Å². The largest absolute Gasteiger partial charge is 0.483 e. The van der Waals surface area contributed by atoms with Crippen molar-refractivity contribution in [1.82, 2.24) is 14.6 Å². The number of anilines is 1. The molecule has 1 aliphatic heterocycles. The lowest BCUT2D eigenvalue weighted by Crippen LogP contribution is -2.43. The lowest BCUT2D eigenvalue weighted by molar-refractivity contribution is -0.138. The third-order valence-electron chi connectivity index (χ3n) is 6.74. The maximum atomic E-state index is 13.5. The van der Waals surface area contributed by atoms with Crippen molar-refractivity contribution < 1.29 is 27.4 Å². The quantitative estimate of drug-likeness (QED) is 0.304. The van der Waals surface area contributed by atoms with Crippen LogP contribution in [0.3, 0.4) is 0 Å². The standard InChI is InChI=1S/C30H28F3N5O4/c1-36(2)23-11-10-21(26(17-23)42-19-27(39)37-12-14-41-15-13-37)18-34-38-28(20-6-5-7-22(16-20)30(31,32)33)35-25-9-4-3-8-24(25)29(38)40/h3-11,16-18H,12-15,19H2,1-2H3. The minimum absolute atomic E-state index is 0.0593. The second-order valence-corrected chi connectivity index (χ2v) is 9.79. The first-order chi connectivity index (χ1) is 20.1. The molecular formula is C30H28F3N5O4. The molecule has 0 atom stereocenters. The van der Waals surface area contributed by atoms with Crippen molar-refractivity contribution in [2.45, 2.75) is 6.18 Å². The monoisotopic (exact) mass is 579 g/mol. The van der Waals surface area contributed by atoms with Gasteiger partial charge in [0.1, 0.15) is 5.75 Å². The van der Waals surface area contributed by atoms with Crippen molar-refractivity contribution in [3.8, 4) is 17.1 Å². The van der Waals surface area contributed by atoms with Crippen LogP contribution in [0.4, 0.5) is 18.9 Å². The maximum Gasteiger partial charge on any atom is 0.416 e. The van der Waals surface area contributed by atoms with Gasteiger partial charge in [-0.3, -0.25) is 9.59 Å². The molecular weight excluding hydrogens is 551 g/mol. The van der Waals surface area contributed by atoms with Crippen molar-refractivity contribution in [1.29, 1.82) is 0 Å². The molecule has 0 saturated carbocycles. The Balaban J connectivity index is 1.56. The number of morpholine rings is 1. The summed E-state index contributed by atoms with van der Waals surface area (Å²) in [5.74, 6) is 0.0862. The Morgan fingerprint density at radius 1 is 1.07 bits per heavy atom. The van der Waals surface area contributed by atoms with E-state index in [9.17, 15) is 22.8 Å². The first kappa shape index (κ1) is 28.8. The molecule has 0 bridgehead atoms. The van der Waals surface area contributed by atoms with Crippen molar-refractivity contribution in [3.63, 3.8) is 0 Å². The SMILES string of the molecule is CN(C)c1ccc(C=Nn2c(-c3cccc(C(F)(F)F)c3)nc3ccccc3c2=O)c(OCC(=O)N2CCOCC2)c1. The minimum atomic E-state index is -4.58. The number of carbonyl (C=O) groups excluding carboxylic acids is 1. The van der Waals surface area contributed by atoms with Crippen LogP contribution in [0.5, 0.6) is 5.75 Å². The highest BCUT2D eigenvalue weighted by Gasteiger charge is 2.31. The Morgan fingerprint density at radius 3 is 2.57 bits per heavy atom. The maximum absolute atomic E-state index is 13.5. The molecule has 42 heavy (non-hydrogen) atoms. The Labute approximate surface area is 239 Å². The fourth-order valence-corrected chi connectivity index (χ4v) is 4.45. The van der Waals surface area contributed by atoms with Gasteiger partial charge in [0.15, 0.2) is 12.4 Å². The fourth-order valence-electron chi connectivity index (χ4n) is 4.45. The minimum Gasteiger partial charge on any atom is -0.483 e. The van der Waals surface area contributed by atoms with Gasteiger partial charge >= 0.3 is 6.18 Å². The van der Waals surface area contributed by atoms with Crippen LogP contribution in [0, 0.1) is 0 Å². The van der Waals surface area contributed by atoms with E-state index in [0.717, 1.165) is 22.5 Å². The zero-order chi connectivity index (χ0) is 29.9. The lowest BCUT2D eigenvalue weighted by atomic mass is 10.1. The van der Waals surface area contributed by atoms with Gasteiger partial charge in [0.2, 0.25) is 0 Å². The first-order valence-corrected chi connectivity index (χ1v) is 13.2. The predicted octanol–water partition coefficient (Wildman–Crippen LogP) is 4.27. The number of hydrogen-bond donors (Lipinski definition) is 0. The van der Waals surface area contributed by atoms with Crippen molar-refractivity contribution in [2.75, 3.05) is 51.9 Å². The fraction of sp³-hybridized carbons (Fsp3) is 0.267. The summed E-state index contributed by atoms with van der Waals surface area (Å²) in [6.07, 6.45) is -3.22. The van der Waals surface area contributed by atoms with Gasteiger partial charge in [-0.1, -0.05) is 24.3 Å². The van der Waals surface area contributed by atoms with Crippen LogP contribution in [0.25, 0.3) is 22.3 Å². The van der Waals surface area contributed by atoms with Crippen molar-refractivity contribution >= 4 is 28.7 Å². The van der Waals surface area contributed by atoms with Gasteiger partial charge in [0.05, 0.1) is 35.9 Å². The van der Waals surface area contributed by atoms with Gasteiger partial charge in [0, 0.05) is 50.1 Å². The van der Waals surface area contributed by atoms with Gasteiger partial charge in [-0.25, -0.2) is 4.98 Å². The molecule has 1 fully saturated rings. The Hall–Kier alpha value is -4.71. The summed E-state index contributed by atoms with van der Waals surface area (Å²) in [7, 11) is 3.71. The van der Waals surface area contributed by atoms with Crippen LogP contribution in [0.2, 0.25) is 0 Å². The van der Waals surface area contributed by atoms with Crippen LogP contribution in [-0.2, 0) is 15.7 Å². The van der Waals surface area contributed by atoms with Crippen molar-refractivity contribution in [3.05, 3.63) is 88.2 Å². The molecule has 0 spiro atoms. The van der Waals surface area contributed by atoms with Gasteiger partial charge in [0.25, 0.3) is 11.5 Å². The second kappa shape index (κ2) is 12.0. The molecule has 218 valence electrons. The Bertz CT molecular complexity index is 1690. The van der Waals surface area contributed by atoms with Crippen LogP contribution in [0.15, 0.2) is 76.6 Å². The summed E-state index contributed by atoms with van der Waals surface area (Å²) in [4.78, 5) is 34.3. The zero-order valence-electron chi connectivity index (χ0n) is 23.0. The number of carbonyl (C=O) groups is 1. The second-order valence-electron chi connectivity index (χ2n) is 9.79. The summed E-state index contributed by atoms with van der Waals surface area (Å²) in [6.45, 7) is 1.66. The van der Waals surface area contributed by atoms with E-state index in [1.165, 1.54) is 18.3 Å². The molecule has 1 saturated heterocycles. The topological polar surface area (TPSA) is 89.3 Å². The van der Waals surface area contributed by atoms with Crippen molar-refractivity contribution in [2.24, 2.45) is 5.10 Å². The van der Waals surface area contributed by atoms with E-state index in [2.05, 4.69) is 10.1 Å². The number of nitrogens with zero attached hydrogens (tertiary/aromatic N) is 5. The molecule has 0 unspecified atom stereocenters. The van der Waals surface area contributed by atoms with E-state index in [4.69, 9.17) is 9.47 Å². The summed E-state index contributed by atoms with van der Waals surface area (Å²) in [5, 5.41) is 4.63. The van der Waals surface area contributed by atoms with E-state index in [0.29, 0.717) is 43.1 Å². The molecule has 2 heterocycles. The Kier molecular flexibility index (Phi) is 8.25. The van der Waals surface area contributed by atoms with Crippen LogP contribution >= 0.6 is 0 Å². The molecule has 1 amide bonds. The highest BCUT2D eigenvalue weighted by Crippen LogP contribution is 2.32. The first-order valence-electron chi connectivity index (χ1n) is 13.2. The number of amides is 1. The highest BCUT2D eigenvalue weighted by atomic mass is 19.4. The summed E-state index contributed by atoms with van der Waals surface area (Å²) >= 11 is 0. The molecule has 0 radical (unpaired) electrons. The molecule has 9 nitrogen and oxygen atoms in total. The van der Waals surface area contributed by atoms with E-state index >= 15 is 0 Å². The van der Waals surface area contributed by atoms with E-state index < -0.39 is 17.3 Å². The number of hydrogen-bond acceptors (Lipinski definition) is 7. The molecule has 3 aromatic carbocycles. The summed E-state index contributed by atoms with van der Waals surface area (Å²) < 4.78 is 52.7. The number of alkyl halides is 3. The zero-order valence-corrected chi connectivity index (χ0v) is 23.0. The normalized spacial score (nSPS) is 14.0. The molecule has 4 aromatic rings. The van der Waals surface area contributed by atoms with E-state index in [-0.39, 0.29) is 29.3 Å². The number of aromatic nitrogens is 2. The van der Waals surface area contributed by atoms with Crippen LogP contribution < -0.4 is 15.2 Å². The predicted molar refractivity (Wildman–Crippen MR) is 153 cm³/mol. The molecule has 0 aliphatic carbocycles. The highest BCUT2D eigenvalue weighted by molar-refractivity contribution is 5.86. The molecule has 1 aromatic heterocycles. The van der Waals surface area contributed by atoms with E-state index in [1.54, 1.807) is 41.3 Å². The van der Waals surface area contributed by atoms with Gasteiger partial charge in [-0.15, -0.1) is 0 Å². The number of para-hydroxylation sites is 1. The van der Waals surface area contributed by atoms with Gasteiger partial charge in [-0.2, -0.15) is 22.9 Å².